The number of carbonyl (C=O) groups excluding carboxylic acids is 1. The number of nitrogens with zero attached hydrogens (tertiary/aromatic N) is 6. The Morgan fingerprint density at radius 3 is 2.22 bits per heavy atom. The highest BCUT2D eigenvalue weighted by atomic mass is 16.2. The Bertz CT molecular complexity index is 767. The molecular formula is C20H26N6O. The Morgan fingerprint density at radius 2 is 1.52 bits per heavy atom. The molecule has 1 aromatic carbocycles. The maximum atomic E-state index is 12.9. The number of rotatable bonds is 3. The normalized spacial score (nSPS) is 18.6. The second kappa shape index (κ2) is 7.92. The molecule has 142 valence electrons. The topological polar surface area (TPSA) is 55.8 Å². The lowest BCUT2D eigenvalue weighted by Gasteiger charge is -2.36. The van der Waals surface area contributed by atoms with Crippen molar-refractivity contribution in [2.45, 2.75) is 0 Å². The van der Waals surface area contributed by atoms with Gasteiger partial charge in [-0.2, -0.15) is 0 Å². The van der Waals surface area contributed by atoms with E-state index in [1.165, 1.54) is 12.0 Å². The fraction of sp³-hybridized carbons (Fsp3) is 0.450. The molecule has 0 bridgehead atoms. The van der Waals surface area contributed by atoms with Crippen LogP contribution in [0.25, 0.3) is 0 Å². The van der Waals surface area contributed by atoms with Crippen molar-refractivity contribution in [2.75, 3.05) is 69.2 Å². The van der Waals surface area contributed by atoms with Gasteiger partial charge in [0.15, 0.2) is 0 Å². The van der Waals surface area contributed by atoms with Crippen LogP contribution in [-0.2, 0) is 0 Å². The van der Waals surface area contributed by atoms with Crippen LogP contribution in [0.3, 0.4) is 0 Å². The van der Waals surface area contributed by atoms with Crippen LogP contribution in [-0.4, -0.2) is 85.1 Å². The molecule has 0 spiro atoms. The summed E-state index contributed by atoms with van der Waals surface area (Å²) in [5, 5.41) is 0. The van der Waals surface area contributed by atoms with Crippen LogP contribution in [0.4, 0.5) is 11.5 Å². The molecule has 0 radical (unpaired) electrons. The second-order valence-corrected chi connectivity index (χ2v) is 7.17. The summed E-state index contributed by atoms with van der Waals surface area (Å²) >= 11 is 0. The van der Waals surface area contributed by atoms with Gasteiger partial charge in [0.05, 0.1) is 0 Å². The minimum absolute atomic E-state index is 0.000453. The van der Waals surface area contributed by atoms with Crippen LogP contribution in [0, 0.1) is 0 Å². The molecule has 0 atom stereocenters. The summed E-state index contributed by atoms with van der Waals surface area (Å²) < 4.78 is 0. The zero-order valence-electron chi connectivity index (χ0n) is 15.8. The first kappa shape index (κ1) is 17.7. The molecule has 0 saturated carbocycles. The van der Waals surface area contributed by atoms with Crippen molar-refractivity contribution in [1.82, 2.24) is 19.8 Å². The minimum Gasteiger partial charge on any atom is -0.368 e. The predicted molar refractivity (Wildman–Crippen MR) is 106 cm³/mol. The minimum atomic E-state index is 0.000453. The van der Waals surface area contributed by atoms with Gasteiger partial charge in [0.2, 0.25) is 0 Å². The van der Waals surface area contributed by atoms with E-state index in [0.29, 0.717) is 18.8 Å². The lowest BCUT2D eigenvalue weighted by Crippen LogP contribution is -2.49. The van der Waals surface area contributed by atoms with E-state index in [0.717, 1.165) is 45.1 Å². The van der Waals surface area contributed by atoms with Crippen molar-refractivity contribution >= 4 is 17.4 Å². The fourth-order valence-electron chi connectivity index (χ4n) is 3.64. The van der Waals surface area contributed by atoms with Gasteiger partial charge < -0.3 is 19.6 Å². The van der Waals surface area contributed by atoms with Gasteiger partial charge in [0, 0.05) is 64.1 Å². The molecule has 1 amide bonds. The van der Waals surface area contributed by atoms with Crippen LogP contribution in [0.15, 0.2) is 42.7 Å². The van der Waals surface area contributed by atoms with E-state index in [-0.39, 0.29) is 5.91 Å². The zero-order chi connectivity index (χ0) is 18.6. The number of para-hydroxylation sites is 1. The van der Waals surface area contributed by atoms with Gasteiger partial charge in [-0.15, -0.1) is 0 Å². The molecule has 1 aromatic heterocycles. The molecule has 27 heavy (non-hydrogen) atoms. The first-order valence-corrected chi connectivity index (χ1v) is 9.55. The molecule has 0 aliphatic carbocycles. The molecule has 0 N–H and O–H groups in total. The van der Waals surface area contributed by atoms with Crippen LogP contribution in [0.1, 0.15) is 10.5 Å². The number of piperazine rings is 2. The van der Waals surface area contributed by atoms with E-state index in [9.17, 15) is 4.79 Å². The molecule has 2 fully saturated rings. The van der Waals surface area contributed by atoms with Gasteiger partial charge in [-0.05, 0) is 19.2 Å². The molecule has 7 heteroatoms. The maximum absolute atomic E-state index is 12.9. The molecular weight excluding hydrogens is 340 g/mol. The Kier molecular flexibility index (Phi) is 5.20. The SMILES string of the molecule is CN1CCN(c2cc(C(=O)N3CCN(c4ccccc4)CC3)ncn2)CC1. The summed E-state index contributed by atoms with van der Waals surface area (Å²) in [6, 6.07) is 12.2. The Hall–Kier alpha value is -2.67. The molecule has 4 rings (SSSR count). The summed E-state index contributed by atoms with van der Waals surface area (Å²) in [6.45, 7) is 6.97. The first-order chi connectivity index (χ1) is 13.2. The second-order valence-electron chi connectivity index (χ2n) is 7.17. The average Bonchev–Trinajstić information content (AvgIpc) is 2.75. The number of anilines is 2. The number of amides is 1. The largest absolute Gasteiger partial charge is 0.368 e. The maximum Gasteiger partial charge on any atom is 0.272 e. The fourth-order valence-corrected chi connectivity index (χ4v) is 3.64. The number of hydrogen-bond acceptors (Lipinski definition) is 6. The monoisotopic (exact) mass is 366 g/mol. The Morgan fingerprint density at radius 1 is 0.852 bits per heavy atom. The van der Waals surface area contributed by atoms with Crippen molar-refractivity contribution in [1.29, 1.82) is 0 Å². The lowest BCUT2D eigenvalue weighted by atomic mass is 10.2. The molecule has 3 heterocycles. The molecule has 2 aromatic rings. The molecule has 2 saturated heterocycles. The van der Waals surface area contributed by atoms with E-state index in [1.807, 2.05) is 29.2 Å². The number of benzene rings is 1. The van der Waals surface area contributed by atoms with Gasteiger partial charge >= 0.3 is 0 Å². The zero-order valence-corrected chi connectivity index (χ0v) is 15.8. The van der Waals surface area contributed by atoms with Gasteiger partial charge in [-0.25, -0.2) is 9.97 Å². The van der Waals surface area contributed by atoms with Gasteiger partial charge in [-0.3, -0.25) is 4.79 Å². The van der Waals surface area contributed by atoms with Crippen LogP contribution < -0.4 is 9.80 Å². The summed E-state index contributed by atoms with van der Waals surface area (Å²) in [6.07, 6.45) is 1.51. The summed E-state index contributed by atoms with van der Waals surface area (Å²) in [7, 11) is 2.13. The third-order valence-electron chi connectivity index (χ3n) is 5.39. The molecule has 2 aliphatic heterocycles. The van der Waals surface area contributed by atoms with Crippen molar-refractivity contribution in [3.8, 4) is 0 Å². The molecule has 7 nitrogen and oxygen atoms in total. The van der Waals surface area contributed by atoms with Crippen molar-refractivity contribution < 1.29 is 4.79 Å². The van der Waals surface area contributed by atoms with Gasteiger partial charge in [-0.1, -0.05) is 18.2 Å². The van der Waals surface area contributed by atoms with Crippen molar-refractivity contribution in [2.24, 2.45) is 0 Å². The first-order valence-electron chi connectivity index (χ1n) is 9.55. The molecule has 0 unspecified atom stereocenters. The van der Waals surface area contributed by atoms with Crippen LogP contribution >= 0.6 is 0 Å². The number of hydrogen-bond donors (Lipinski definition) is 0. The third kappa shape index (κ3) is 4.03. The quantitative estimate of drug-likeness (QED) is 0.813. The summed E-state index contributed by atoms with van der Waals surface area (Å²) in [5.41, 5.74) is 1.70. The van der Waals surface area contributed by atoms with E-state index in [2.05, 4.69) is 43.8 Å². The lowest BCUT2D eigenvalue weighted by molar-refractivity contribution is 0.0740. The standard InChI is InChI=1S/C20H26N6O/c1-23-7-9-25(10-8-23)19-15-18(21-16-22-19)20(27)26-13-11-24(12-14-26)17-5-3-2-4-6-17/h2-6,15-16H,7-14H2,1H3. The average molecular weight is 366 g/mol. The highest BCUT2D eigenvalue weighted by Gasteiger charge is 2.24. The Labute approximate surface area is 160 Å². The van der Waals surface area contributed by atoms with Crippen molar-refractivity contribution in [3.05, 3.63) is 48.4 Å². The van der Waals surface area contributed by atoms with E-state index in [4.69, 9.17) is 0 Å². The summed E-state index contributed by atoms with van der Waals surface area (Å²) in [4.78, 5) is 30.3. The predicted octanol–water partition coefficient (Wildman–Crippen LogP) is 1.19. The van der Waals surface area contributed by atoms with Crippen LogP contribution in [0.2, 0.25) is 0 Å². The van der Waals surface area contributed by atoms with Gasteiger partial charge in [0.25, 0.3) is 5.91 Å². The highest BCUT2D eigenvalue weighted by Crippen LogP contribution is 2.18. The Balaban J connectivity index is 1.39. The third-order valence-corrected chi connectivity index (χ3v) is 5.39. The number of likely N-dealkylation sites (N-methyl/N-ethyl adjacent to an activating group) is 1. The van der Waals surface area contributed by atoms with E-state index >= 15 is 0 Å². The van der Waals surface area contributed by atoms with Crippen LogP contribution in [0.5, 0.6) is 0 Å². The number of carbonyl (C=O) groups is 1. The van der Waals surface area contributed by atoms with Gasteiger partial charge in [0.1, 0.15) is 17.8 Å². The van der Waals surface area contributed by atoms with E-state index in [1.54, 1.807) is 0 Å². The smallest absolute Gasteiger partial charge is 0.272 e. The van der Waals surface area contributed by atoms with E-state index < -0.39 is 0 Å². The number of aromatic nitrogens is 2. The van der Waals surface area contributed by atoms with Crippen molar-refractivity contribution in [3.63, 3.8) is 0 Å². The highest BCUT2D eigenvalue weighted by molar-refractivity contribution is 5.93. The summed E-state index contributed by atoms with van der Waals surface area (Å²) in [5.74, 6) is 0.852. The molecule has 2 aliphatic rings.